The van der Waals surface area contributed by atoms with Gasteiger partial charge in [-0.15, -0.1) is 0 Å². The van der Waals surface area contributed by atoms with Crippen LogP contribution >= 0.6 is 0 Å². The number of anilines is 1. The molecule has 2 aromatic rings. The molecule has 0 aliphatic heterocycles. The Morgan fingerprint density at radius 1 is 1.23 bits per heavy atom. The van der Waals surface area contributed by atoms with Gasteiger partial charge < -0.3 is 11.1 Å². The van der Waals surface area contributed by atoms with Crippen molar-refractivity contribution in [1.29, 1.82) is 0 Å². The lowest BCUT2D eigenvalue weighted by atomic mass is 9.49. The number of rotatable bonds is 4. The maximum absolute atomic E-state index is 13.6. The molecule has 6 rings (SSSR count). The number of carbonyl (C=O) groups is 1. The number of hydrogen-bond donors (Lipinski definition) is 2. The predicted octanol–water partition coefficient (Wildman–Crippen LogP) is 3.52. The molecule has 10 heteroatoms. The largest absolute Gasteiger partial charge is 0.435 e. The number of hydrogen-bond acceptors (Lipinski definition) is 5. The van der Waals surface area contributed by atoms with Gasteiger partial charge in [-0.3, -0.25) is 4.79 Å². The molecule has 2 aromatic heterocycles. The topological polar surface area (TPSA) is 98.7 Å². The molecule has 166 valence electrons. The fourth-order valence-corrected chi connectivity index (χ4v) is 6.28. The molecular formula is C21H25F3N6O. The summed E-state index contributed by atoms with van der Waals surface area (Å²) in [6.07, 6.45) is 4.60. The highest BCUT2D eigenvalue weighted by molar-refractivity contribution is 5.95. The fraction of sp³-hybridized carbons (Fsp3) is 0.619. The molecule has 0 aromatic carbocycles. The second-order valence-electron chi connectivity index (χ2n) is 9.67. The van der Waals surface area contributed by atoms with Gasteiger partial charge in [-0.05, 0) is 68.6 Å². The summed E-state index contributed by atoms with van der Waals surface area (Å²) in [5, 5.41) is 6.36. The van der Waals surface area contributed by atoms with Gasteiger partial charge in [0.15, 0.2) is 5.69 Å². The Hall–Kier alpha value is -2.65. The number of alkyl halides is 3. The van der Waals surface area contributed by atoms with Crippen molar-refractivity contribution in [3.8, 4) is 5.95 Å². The second-order valence-corrected chi connectivity index (χ2v) is 9.67. The van der Waals surface area contributed by atoms with Crippen molar-refractivity contribution in [2.24, 2.45) is 23.2 Å². The number of nitrogens with one attached hydrogen (secondary N) is 1. The van der Waals surface area contributed by atoms with Crippen LogP contribution < -0.4 is 11.1 Å². The standard InChI is InChI=1S/C21H25F3N6O/c1-11-8-26-19(28-17(11)25)30-9-15(16(29-30)21(22,23)24)18(31)27-10-20-5-12-2-13(6-20)4-14(3-12)7-20/h8-9,12-14H,2-7,10H2,1H3,(H,27,31)(H2,25,26,28). The molecule has 4 aliphatic carbocycles. The van der Waals surface area contributed by atoms with Gasteiger partial charge in [0.1, 0.15) is 5.82 Å². The first-order valence-corrected chi connectivity index (χ1v) is 10.7. The lowest BCUT2D eigenvalue weighted by Gasteiger charge is -2.56. The molecular weight excluding hydrogens is 409 g/mol. The molecule has 1 amide bonds. The van der Waals surface area contributed by atoms with Crippen molar-refractivity contribution in [3.63, 3.8) is 0 Å². The van der Waals surface area contributed by atoms with Crippen molar-refractivity contribution in [3.05, 3.63) is 29.2 Å². The van der Waals surface area contributed by atoms with E-state index in [0.717, 1.165) is 30.1 Å². The van der Waals surface area contributed by atoms with Gasteiger partial charge in [0, 0.05) is 24.5 Å². The van der Waals surface area contributed by atoms with E-state index in [1.54, 1.807) is 6.92 Å². The van der Waals surface area contributed by atoms with Gasteiger partial charge in [-0.1, -0.05) is 0 Å². The molecule has 7 nitrogen and oxygen atoms in total. The number of nitrogen functional groups attached to an aromatic ring is 1. The van der Waals surface area contributed by atoms with E-state index in [9.17, 15) is 18.0 Å². The van der Waals surface area contributed by atoms with Crippen LogP contribution in [0.25, 0.3) is 5.95 Å². The minimum atomic E-state index is -4.78. The van der Waals surface area contributed by atoms with Crippen molar-refractivity contribution >= 4 is 11.7 Å². The van der Waals surface area contributed by atoms with E-state index in [1.807, 2.05) is 0 Å². The molecule has 0 unspecified atom stereocenters. The molecule has 4 saturated carbocycles. The quantitative estimate of drug-likeness (QED) is 0.767. The van der Waals surface area contributed by atoms with Crippen molar-refractivity contribution in [1.82, 2.24) is 25.1 Å². The lowest BCUT2D eigenvalue weighted by molar-refractivity contribution is -0.141. The number of aromatic nitrogens is 4. The first kappa shape index (κ1) is 20.3. The van der Waals surface area contributed by atoms with E-state index < -0.39 is 23.3 Å². The molecule has 3 N–H and O–H groups in total. The van der Waals surface area contributed by atoms with Gasteiger partial charge in [-0.2, -0.15) is 23.3 Å². The molecule has 4 aliphatic rings. The Bertz CT molecular complexity index is 995. The average molecular weight is 434 g/mol. The summed E-state index contributed by atoms with van der Waals surface area (Å²) in [5.41, 5.74) is 4.59. The van der Waals surface area contributed by atoms with Crippen LogP contribution in [0.1, 0.15) is 60.1 Å². The second kappa shape index (κ2) is 6.93. The Labute approximate surface area is 177 Å². The number of amides is 1. The number of nitrogens with zero attached hydrogens (tertiary/aromatic N) is 4. The SMILES string of the molecule is Cc1cnc(-n2cc(C(=O)NCC34CC5CC(CC(C5)C3)C4)c(C(F)(F)F)n2)nc1N. The highest BCUT2D eigenvalue weighted by Gasteiger charge is 2.51. The highest BCUT2D eigenvalue weighted by atomic mass is 19.4. The van der Waals surface area contributed by atoms with Gasteiger partial charge in [0.2, 0.25) is 0 Å². The van der Waals surface area contributed by atoms with Crippen molar-refractivity contribution < 1.29 is 18.0 Å². The Morgan fingerprint density at radius 2 is 1.84 bits per heavy atom. The maximum Gasteiger partial charge on any atom is 0.435 e. The molecule has 4 bridgehead atoms. The maximum atomic E-state index is 13.6. The van der Waals surface area contributed by atoms with Crippen molar-refractivity contribution in [2.45, 2.75) is 51.6 Å². The first-order chi connectivity index (χ1) is 14.6. The number of halogens is 3. The van der Waals surface area contributed by atoms with Gasteiger partial charge in [-0.25, -0.2) is 9.67 Å². The van der Waals surface area contributed by atoms with E-state index in [-0.39, 0.29) is 17.2 Å². The number of carbonyl (C=O) groups excluding carboxylic acids is 1. The zero-order valence-corrected chi connectivity index (χ0v) is 17.2. The zero-order chi connectivity index (χ0) is 22.0. The van der Waals surface area contributed by atoms with E-state index in [2.05, 4.69) is 20.4 Å². The van der Waals surface area contributed by atoms with E-state index in [0.29, 0.717) is 29.9 Å². The van der Waals surface area contributed by atoms with Crippen LogP contribution in [0.2, 0.25) is 0 Å². The van der Waals surface area contributed by atoms with E-state index >= 15 is 0 Å². The summed E-state index contributed by atoms with van der Waals surface area (Å²) in [4.78, 5) is 20.8. The van der Waals surface area contributed by atoms with Gasteiger partial charge >= 0.3 is 6.18 Å². The van der Waals surface area contributed by atoms with Crippen LogP contribution in [0.4, 0.5) is 19.0 Å². The Morgan fingerprint density at radius 3 is 2.39 bits per heavy atom. The summed E-state index contributed by atoms with van der Waals surface area (Å²) in [6.45, 7) is 2.10. The van der Waals surface area contributed by atoms with E-state index in [4.69, 9.17) is 5.73 Å². The first-order valence-electron chi connectivity index (χ1n) is 10.7. The lowest BCUT2D eigenvalue weighted by Crippen LogP contribution is -2.51. The minimum absolute atomic E-state index is 0.0211. The predicted molar refractivity (Wildman–Crippen MR) is 106 cm³/mol. The van der Waals surface area contributed by atoms with Gasteiger partial charge in [0.05, 0.1) is 5.56 Å². The monoisotopic (exact) mass is 434 g/mol. The smallest absolute Gasteiger partial charge is 0.383 e. The fourth-order valence-electron chi connectivity index (χ4n) is 6.28. The molecule has 0 saturated heterocycles. The third kappa shape index (κ3) is 3.65. The van der Waals surface area contributed by atoms with Crippen LogP contribution in [-0.4, -0.2) is 32.2 Å². The van der Waals surface area contributed by atoms with Crippen LogP contribution in [-0.2, 0) is 6.18 Å². The summed E-state index contributed by atoms with van der Waals surface area (Å²) in [5.74, 6) is 1.34. The highest BCUT2D eigenvalue weighted by Crippen LogP contribution is 2.59. The number of nitrogens with two attached hydrogens (primary N) is 1. The summed E-state index contributed by atoms with van der Waals surface area (Å²) >= 11 is 0. The summed E-state index contributed by atoms with van der Waals surface area (Å²) < 4.78 is 41.7. The van der Waals surface area contributed by atoms with Gasteiger partial charge in [0.25, 0.3) is 11.9 Å². The number of aryl methyl sites for hydroxylation is 1. The molecule has 0 spiro atoms. The Kier molecular flexibility index (Phi) is 4.53. The molecule has 4 fully saturated rings. The van der Waals surface area contributed by atoms with Crippen molar-refractivity contribution in [2.75, 3.05) is 12.3 Å². The zero-order valence-electron chi connectivity index (χ0n) is 17.2. The molecule has 31 heavy (non-hydrogen) atoms. The molecule has 0 radical (unpaired) electrons. The van der Waals surface area contributed by atoms with E-state index in [1.165, 1.54) is 25.5 Å². The average Bonchev–Trinajstić information content (AvgIpc) is 3.13. The molecule has 0 atom stereocenters. The third-order valence-corrected chi connectivity index (χ3v) is 7.22. The summed E-state index contributed by atoms with van der Waals surface area (Å²) in [7, 11) is 0. The normalized spacial score (nSPS) is 29.4. The van der Waals surface area contributed by atoms with Crippen LogP contribution in [0.15, 0.2) is 12.4 Å². The molecule has 2 heterocycles. The Balaban J connectivity index is 1.39. The van der Waals surface area contributed by atoms with Crippen LogP contribution in [0.5, 0.6) is 0 Å². The third-order valence-electron chi connectivity index (χ3n) is 7.22. The minimum Gasteiger partial charge on any atom is -0.383 e. The summed E-state index contributed by atoms with van der Waals surface area (Å²) in [6, 6.07) is 0. The van der Waals surface area contributed by atoms with Crippen LogP contribution in [0, 0.1) is 30.1 Å². The van der Waals surface area contributed by atoms with Crippen LogP contribution in [0.3, 0.4) is 0 Å².